The predicted octanol–water partition coefficient (Wildman–Crippen LogP) is 0.892. The molecule has 2 heterocycles. The monoisotopic (exact) mass is 220 g/mol. The number of nitrogens with two attached hydrogens (primary N) is 1. The molecule has 0 unspecified atom stereocenters. The molecule has 0 bridgehead atoms. The first-order valence-corrected chi connectivity index (χ1v) is 5.90. The summed E-state index contributed by atoms with van der Waals surface area (Å²) in [5.74, 6) is 2.14. The Kier molecular flexibility index (Phi) is 3.51. The standard InChI is InChI=1S/C12H20N4/c1-9(2)10-6-16(7-11(10)13)8-12-14-4-3-5-15-12/h3-5,9-11H,6-8,13H2,1-2H3/t10-,11+/m1/s1. The molecule has 1 saturated heterocycles. The van der Waals surface area contributed by atoms with Crippen LogP contribution in [0.4, 0.5) is 0 Å². The summed E-state index contributed by atoms with van der Waals surface area (Å²) in [6, 6.07) is 2.14. The SMILES string of the molecule is CC(C)[C@H]1CN(Cc2ncccn2)C[C@@H]1N. The largest absolute Gasteiger partial charge is 0.326 e. The van der Waals surface area contributed by atoms with Gasteiger partial charge < -0.3 is 5.73 Å². The number of hydrogen-bond donors (Lipinski definition) is 1. The zero-order valence-electron chi connectivity index (χ0n) is 10.0. The highest BCUT2D eigenvalue weighted by Gasteiger charge is 2.32. The maximum absolute atomic E-state index is 6.14. The summed E-state index contributed by atoms with van der Waals surface area (Å²) < 4.78 is 0. The van der Waals surface area contributed by atoms with Gasteiger partial charge in [0.05, 0.1) is 6.54 Å². The first kappa shape index (κ1) is 11.5. The first-order valence-electron chi connectivity index (χ1n) is 5.90. The Balaban J connectivity index is 1.94. The van der Waals surface area contributed by atoms with E-state index in [4.69, 9.17) is 5.73 Å². The lowest BCUT2D eigenvalue weighted by Crippen LogP contribution is -2.32. The number of rotatable bonds is 3. The molecule has 0 saturated carbocycles. The average molecular weight is 220 g/mol. The normalized spacial score (nSPS) is 26.5. The van der Waals surface area contributed by atoms with Gasteiger partial charge in [-0.1, -0.05) is 13.8 Å². The topological polar surface area (TPSA) is 55.0 Å². The zero-order valence-corrected chi connectivity index (χ0v) is 10.0. The fourth-order valence-corrected chi connectivity index (χ4v) is 2.39. The van der Waals surface area contributed by atoms with E-state index in [1.165, 1.54) is 0 Å². The molecule has 1 aromatic rings. The Labute approximate surface area is 96.9 Å². The minimum atomic E-state index is 0.295. The summed E-state index contributed by atoms with van der Waals surface area (Å²) in [6.07, 6.45) is 3.58. The van der Waals surface area contributed by atoms with Crippen LogP contribution in [0.1, 0.15) is 19.7 Å². The Hall–Kier alpha value is -1.00. The van der Waals surface area contributed by atoms with Crippen LogP contribution >= 0.6 is 0 Å². The number of aromatic nitrogens is 2. The van der Waals surface area contributed by atoms with Gasteiger partial charge in [0.25, 0.3) is 0 Å². The lowest BCUT2D eigenvalue weighted by molar-refractivity contribution is 0.290. The highest BCUT2D eigenvalue weighted by molar-refractivity contribution is 4.93. The third kappa shape index (κ3) is 2.57. The molecule has 4 heteroatoms. The molecule has 2 rings (SSSR count). The van der Waals surface area contributed by atoms with Crippen LogP contribution in [0.2, 0.25) is 0 Å². The molecule has 2 atom stereocenters. The molecule has 0 amide bonds. The van der Waals surface area contributed by atoms with Crippen LogP contribution in [-0.2, 0) is 6.54 Å². The smallest absolute Gasteiger partial charge is 0.142 e. The van der Waals surface area contributed by atoms with Crippen molar-refractivity contribution in [1.82, 2.24) is 14.9 Å². The fourth-order valence-electron chi connectivity index (χ4n) is 2.39. The number of hydrogen-bond acceptors (Lipinski definition) is 4. The van der Waals surface area contributed by atoms with Gasteiger partial charge in [0.2, 0.25) is 0 Å². The second-order valence-corrected chi connectivity index (χ2v) is 4.93. The minimum absolute atomic E-state index is 0.295. The van der Waals surface area contributed by atoms with Crippen LogP contribution in [0.25, 0.3) is 0 Å². The maximum atomic E-state index is 6.14. The molecular weight excluding hydrogens is 200 g/mol. The van der Waals surface area contributed by atoms with Gasteiger partial charge in [-0.2, -0.15) is 0 Å². The van der Waals surface area contributed by atoms with Crippen LogP contribution in [-0.4, -0.2) is 34.0 Å². The van der Waals surface area contributed by atoms with Gasteiger partial charge >= 0.3 is 0 Å². The summed E-state index contributed by atoms with van der Waals surface area (Å²) in [5.41, 5.74) is 6.14. The molecule has 0 aromatic carbocycles. The Morgan fingerprint density at radius 1 is 1.38 bits per heavy atom. The van der Waals surface area contributed by atoms with Gasteiger partial charge in [-0.15, -0.1) is 0 Å². The molecule has 4 nitrogen and oxygen atoms in total. The van der Waals surface area contributed by atoms with Crippen molar-refractivity contribution in [2.75, 3.05) is 13.1 Å². The van der Waals surface area contributed by atoms with E-state index in [1.807, 2.05) is 6.07 Å². The summed E-state index contributed by atoms with van der Waals surface area (Å²) in [5, 5.41) is 0. The third-order valence-corrected chi connectivity index (χ3v) is 3.33. The quantitative estimate of drug-likeness (QED) is 0.822. The summed E-state index contributed by atoms with van der Waals surface area (Å²) >= 11 is 0. The molecule has 1 aliphatic heterocycles. The van der Waals surface area contributed by atoms with E-state index in [9.17, 15) is 0 Å². The molecule has 16 heavy (non-hydrogen) atoms. The molecule has 1 aliphatic rings. The van der Waals surface area contributed by atoms with E-state index in [1.54, 1.807) is 12.4 Å². The summed E-state index contributed by atoms with van der Waals surface area (Å²) in [4.78, 5) is 10.8. The van der Waals surface area contributed by atoms with Gasteiger partial charge in [-0.05, 0) is 17.9 Å². The van der Waals surface area contributed by atoms with Gasteiger partial charge in [-0.25, -0.2) is 9.97 Å². The second-order valence-electron chi connectivity index (χ2n) is 4.93. The first-order chi connectivity index (χ1) is 7.66. The number of nitrogens with zero attached hydrogens (tertiary/aromatic N) is 3. The van der Waals surface area contributed by atoms with E-state index in [0.717, 1.165) is 25.5 Å². The van der Waals surface area contributed by atoms with Gasteiger partial charge in [0.15, 0.2) is 0 Å². The molecule has 2 N–H and O–H groups in total. The van der Waals surface area contributed by atoms with Gasteiger partial charge in [0.1, 0.15) is 5.82 Å². The van der Waals surface area contributed by atoms with Crippen molar-refractivity contribution in [1.29, 1.82) is 0 Å². The predicted molar refractivity (Wildman–Crippen MR) is 63.6 cm³/mol. The van der Waals surface area contributed by atoms with Crippen molar-refractivity contribution >= 4 is 0 Å². The van der Waals surface area contributed by atoms with E-state index >= 15 is 0 Å². The molecule has 0 radical (unpaired) electrons. The summed E-state index contributed by atoms with van der Waals surface area (Å²) in [7, 11) is 0. The average Bonchev–Trinajstić information content (AvgIpc) is 2.61. The van der Waals surface area contributed by atoms with Crippen molar-refractivity contribution in [3.63, 3.8) is 0 Å². The van der Waals surface area contributed by atoms with Crippen LogP contribution < -0.4 is 5.73 Å². The van der Waals surface area contributed by atoms with E-state index in [2.05, 4.69) is 28.7 Å². The molecule has 0 aliphatic carbocycles. The Bertz CT molecular complexity index is 325. The van der Waals surface area contributed by atoms with Gasteiger partial charge in [0, 0.05) is 31.5 Å². The maximum Gasteiger partial charge on any atom is 0.142 e. The minimum Gasteiger partial charge on any atom is -0.326 e. The van der Waals surface area contributed by atoms with Crippen molar-refractivity contribution in [2.24, 2.45) is 17.6 Å². The molecule has 1 aromatic heterocycles. The highest BCUT2D eigenvalue weighted by Crippen LogP contribution is 2.23. The van der Waals surface area contributed by atoms with Gasteiger partial charge in [-0.3, -0.25) is 4.90 Å². The van der Waals surface area contributed by atoms with Crippen LogP contribution in [0.5, 0.6) is 0 Å². The number of likely N-dealkylation sites (tertiary alicyclic amines) is 1. The van der Waals surface area contributed by atoms with Crippen LogP contribution in [0, 0.1) is 11.8 Å². The van der Waals surface area contributed by atoms with Crippen LogP contribution in [0.15, 0.2) is 18.5 Å². The lowest BCUT2D eigenvalue weighted by atomic mass is 9.92. The van der Waals surface area contributed by atoms with Crippen molar-refractivity contribution in [2.45, 2.75) is 26.4 Å². The molecule has 0 spiro atoms. The van der Waals surface area contributed by atoms with Crippen molar-refractivity contribution in [3.8, 4) is 0 Å². The molecular formula is C12H20N4. The second kappa shape index (κ2) is 4.89. The fraction of sp³-hybridized carbons (Fsp3) is 0.667. The third-order valence-electron chi connectivity index (χ3n) is 3.33. The summed E-state index contributed by atoms with van der Waals surface area (Å²) in [6.45, 7) is 7.33. The lowest BCUT2D eigenvalue weighted by Gasteiger charge is -2.18. The van der Waals surface area contributed by atoms with E-state index in [-0.39, 0.29) is 0 Å². The van der Waals surface area contributed by atoms with E-state index < -0.39 is 0 Å². The molecule has 88 valence electrons. The highest BCUT2D eigenvalue weighted by atomic mass is 15.2. The Morgan fingerprint density at radius 2 is 2.06 bits per heavy atom. The van der Waals surface area contributed by atoms with E-state index in [0.29, 0.717) is 17.9 Å². The molecule has 1 fully saturated rings. The van der Waals surface area contributed by atoms with Crippen molar-refractivity contribution < 1.29 is 0 Å². The Morgan fingerprint density at radius 3 is 2.62 bits per heavy atom. The van der Waals surface area contributed by atoms with Crippen LogP contribution in [0.3, 0.4) is 0 Å². The van der Waals surface area contributed by atoms with Crippen molar-refractivity contribution in [3.05, 3.63) is 24.3 Å². The zero-order chi connectivity index (χ0) is 11.5.